The predicted molar refractivity (Wildman–Crippen MR) is 27.9 cm³/mol. The zero-order valence-corrected chi connectivity index (χ0v) is 6.38. The van der Waals surface area contributed by atoms with Crippen molar-refractivity contribution >= 4 is 7.74 Å². The van der Waals surface area contributed by atoms with Gasteiger partial charge in [-0.15, -0.1) is 0 Å². The Morgan fingerprint density at radius 1 is 0.889 bits per heavy atom. The van der Waals surface area contributed by atoms with Crippen LogP contribution in [0.1, 0.15) is 0 Å². The molecule has 0 unspecified atom stereocenters. The van der Waals surface area contributed by atoms with Crippen molar-refractivity contribution in [3.8, 4) is 0 Å². The summed E-state index contributed by atoms with van der Waals surface area (Å²) in [7, 11) is -2.24. The summed E-state index contributed by atoms with van der Waals surface area (Å²) < 4.78 is 12.0. The van der Waals surface area contributed by atoms with Gasteiger partial charge in [0.2, 0.25) is 0 Å². The molecule has 0 saturated carbocycles. The summed E-state index contributed by atoms with van der Waals surface area (Å²) in [6.07, 6.45) is 0. The zero-order chi connectivity index (χ0) is 7.57. The van der Waals surface area contributed by atoms with Crippen molar-refractivity contribution in [2.75, 3.05) is 21.3 Å². The second kappa shape index (κ2) is 2.46. The van der Waals surface area contributed by atoms with Crippen LogP contribution in [0.15, 0.2) is 0 Å². The quantitative estimate of drug-likeness (QED) is 0.478. The van der Waals surface area contributed by atoms with Gasteiger partial charge in [0.1, 0.15) is 0 Å². The molecule has 0 aromatic heterocycles. The van der Waals surface area contributed by atoms with Crippen LogP contribution in [0.3, 0.4) is 0 Å². The van der Waals surface area contributed by atoms with Crippen LogP contribution in [0, 0.1) is 0 Å². The van der Waals surface area contributed by atoms with Crippen molar-refractivity contribution in [2.24, 2.45) is 0 Å². The van der Waals surface area contributed by atoms with Crippen LogP contribution < -0.4 is 9.79 Å². The van der Waals surface area contributed by atoms with Crippen molar-refractivity contribution in [2.45, 2.75) is 0 Å². The fourth-order valence-electron chi connectivity index (χ4n) is 0.224. The van der Waals surface area contributed by atoms with Gasteiger partial charge in [0.05, 0.1) is 0 Å². The van der Waals surface area contributed by atoms with Crippen molar-refractivity contribution in [3.63, 3.8) is 0 Å². The Kier molecular flexibility index (Phi) is 2.52. The molecule has 6 heteroatoms. The van der Waals surface area contributed by atoms with E-state index in [1.54, 1.807) is 0 Å². The Bertz CT molecular complexity index is 83.4. The number of hydrogen-bond donors (Lipinski definition) is 0. The normalized spacial score (nSPS) is 16.8. The predicted octanol–water partition coefficient (Wildman–Crippen LogP) is -1.23. The van der Waals surface area contributed by atoms with E-state index in [2.05, 4.69) is 13.6 Å². The molecule has 0 aromatic rings. The molecule has 0 heterocycles. The monoisotopic (exact) mass is 156 g/mol. The van der Waals surface area contributed by atoms with Gasteiger partial charge in [-0.25, -0.2) is 0 Å². The maximum atomic E-state index is 10.7. The Hall–Kier alpha value is 0.230. The topological polar surface area (TPSA) is 73.8 Å². The molecule has 5 nitrogen and oxygen atoms in total. The van der Waals surface area contributed by atoms with E-state index >= 15 is 0 Å². The molecule has 0 N–H and O–H groups in total. The van der Waals surface area contributed by atoms with Crippen LogP contribution in [0.5, 0.6) is 0 Å². The van der Waals surface area contributed by atoms with Crippen LogP contribution in [0.2, 0.25) is 0 Å². The Morgan fingerprint density at radius 3 is 1.11 bits per heavy atom. The second-order valence-electron chi connectivity index (χ2n) is 1.29. The third-order valence-corrected chi connectivity index (χ3v) is 2.68. The molecular weight excluding hydrogens is 147 g/mol. The van der Waals surface area contributed by atoms with E-state index in [0.717, 1.165) is 21.3 Å². The molecule has 0 saturated heterocycles. The summed E-state index contributed by atoms with van der Waals surface area (Å²) in [4.78, 5) is 21.4. The molecule has 0 bridgehead atoms. The maximum absolute atomic E-state index is 10.7. The Labute approximate surface area is 53.5 Å². The first-order valence-electron chi connectivity index (χ1n) is 2.14. The van der Waals surface area contributed by atoms with Crippen molar-refractivity contribution < 1.29 is 23.4 Å². The zero-order valence-electron chi connectivity index (χ0n) is 5.49. The van der Waals surface area contributed by atoms with Gasteiger partial charge >= 0.3 is 52.4 Å². The SMILES string of the molecule is COP([O-])([O-])(OC)OC. The minimum atomic E-state index is -5.13. The van der Waals surface area contributed by atoms with Crippen molar-refractivity contribution in [1.82, 2.24) is 0 Å². The van der Waals surface area contributed by atoms with Gasteiger partial charge in [-0.3, -0.25) is 0 Å². The second-order valence-corrected chi connectivity index (χ2v) is 3.88. The fourth-order valence-corrected chi connectivity index (χ4v) is 0.671. The fraction of sp³-hybridized carbons (Fsp3) is 1.00. The molecular formula is C3H9O5P-2. The van der Waals surface area contributed by atoms with Gasteiger partial charge in [-0.2, -0.15) is 0 Å². The van der Waals surface area contributed by atoms with Crippen LogP contribution in [0.4, 0.5) is 0 Å². The summed E-state index contributed by atoms with van der Waals surface area (Å²) in [5, 5.41) is 0. The number of rotatable bonds is 3. The molecule has 0 aliphatic rings. The molecule has 0 aliphatic heterocycles. The van der Waals surface area contributed by atoms with Gasteiger partial charge in [-0.1, -0.05) is 0 Å². The van der Waals surface area contributed by atoms with Crippen LogP contribution in [-0.2, 0) is 13.6 Å². The molecule has 0 aliphatic carbocycles. The van der Waals surface area contributed by atoms with Crippen LogP contribution in [0.25, 0.3) is 0 Å². The van der Waals surface area contributed by atoms with Gasteiger partial charge in [0.15, 0.2) is 0 Å². The Morgan fingerprint density at radius 2 is 1.11 bits per heavy atom. The molecule has 0 radical (unpaired) electrons. The van der Waals surface area contributed by atoms with E-state index in [1.807, 2.05) is 0 Å². The first-order chi connectivity index (χ1) is 3.96. The molecule has 0 rings (SSSR count). The van der Waals surface area contributed by atoms with Crippen LogP contribution >= 0.6 is 7.74 Å². The summed E-state index contributed by atoms with van der Waals surface area (Å²) in [6, 6.07) is 0. The van der Waals surface area contributed by atoms with Gasteiger partial charge in [0, 0.05) is 0 Å². The van der Waals surface area contributed by atoms with Gasteiger partial charge in [-0.05, 0) is 0 Å². The molecule has 9 heavy (non-hydrogen) atoms. The third-order valence-electron chi connectivity index (χ3n) is 0.894. The molecule has 0 amide bonds. The van der Waals surface area contributed by atoms with E-state index in [4.69, 9.17) is 0 Å². The van der Waals surface area contributed by atoms with Gasteiger partial charge in [0.25, 0.3) is 0 Å². The Balaban J connectivity index is 4.20. The van der Waals surface area contributed by atoms with Crippen molar-refractivity contribution in [3.05, 3.63) is 0 Å². The van der Waals surface area contributed by atoms with E-state index in [-0.39, 0.29) is 0 Å². The molecule has 0 atom stereocenters. The van der Waals surface area contributed by atoms with Crippen LogP contribution in [-0.4, -0.2) is 21.3 Å². The summed E-state index contributed by atoms with van der Waals surface area (Å²) in [5.41, 5.74) is 0. The minimum absolute atomic E-state index is 0.963. The summed E-state index contributed by atoms with van der Waals surface area (Å²) >= 11 is 0. The van der Waals surface area contributed by atoms with E-state index < -0.39 is 7.74 Å². The molecule has 0 spiro atoms. The third kappa shape index (κ3) is 2.14. The first kappa shape index (κ1) is 9.23. The standard InChI is InChI=1S/C3H9O5P/c1-6-9(4,5,7-2)8-3/h1-3H3/q-2. The summed E-state index contributed by atoms with van der Waals surface area (Å²) in [6.45, 7) is 0. The molecule has 58 valence electrons. The summed E-state index contributed by atoms with van der Waals surface area (Å²) in [5.74, 6) is 0. The first-order valence-corrected chi connectivity index (χ1v) is 3.96. The molecule has 0 fully saturated rings. The van der Waals surface area contributed by atoms with E-state index in [9.17, 15) is 9.79 Å². The average Bonchev–Trinajstić information content (AvgIpc) is 1.90. The van der Waals surface area contributed by atoms with Crippen molar-refractivity contribution in [1.29, 1.82) is 0 Å². The van der Waals surface area contributed by atoms with E-state index in [0.29, 0.717) is 0 Å². The number of hydrogen-bond acceptors (Lipinski definition) is 5. The van der Waals surface area contributed by atoms with E-state index in [1.165, 1.54) is 0 Å². The average molecular weight is 156 g/mol. The van der Waals surface area contributed by atoms with Gasteiger partial charge < -0.3 is 0 Å². The molecule has 0 aromatic carbocycles.